The summed E-state index contributed by atoms with van der Waals surface area (Å²) in [5.41, 5.74) is 3.56. The highest BCUT2D eigenvalue weighted by atomic mass is 16.6. The van der Waals surface area contributed by atoms with Crippen molar-refractivity contribution in [1.29, 1.82) is 0 Å². The zero-order valence-corrected chi connectivity index (χ0v) is 17.4. The molecule has 1 atom stereocenters. The first-order valence-electron chi connectivity index (χ1n) is 9.94. The molecule has 0 unspecified atom stereocenters. The number of ether oxygens (including phenoxy) is 2. The van der Waals surface area contributed by atoms with Crippen LogP contribution in [0.3, 0.4) is 0 Å². The predicted molar refractivity (Wildman–Crippen MR) is 117 cm³/mol. The number of amides is 1. The number of carbonyl (C=O) groups is 1. The molecule has 6 heteroatoms. The number of hydrogen-bond acceptors (Lipinski definition) is 5. The van der Waals surface area contributed by atoms with Gasteiger partial charge in [-0.2, -0.15) is 0 Å². The van der Waals surface area contributed by atoms with Crippen LogP contribution in [0.4, 0.5) is 5.82 Å². The summed E-state index contributed by atoms with van der Waals surface area (Å²) >= 11 is 0. The molecule has 0 bridgehead atoms. The smallest absolute Gasteiger partial charge is 0.255 e. The standard InChI is InChI=1S/C24H25N3O3/c1-16-8-4-5-9-18(16)20-13-12-19(23(26-20)27(2)3)24(28)25-14-17-15-29-21-10-6-7-11-22(21)30-17/h4-13,17H,14-15H2,1-3H3,(H,25,28)/t17-/m1/s1. The quantitative estimate of drug-likeness (QED) is 0.704. The molecule has 154 valence electrons. The van der Waals surface area contributed by atoms with Gasteiger partial charge in [0.05, 0.1) is 17.8 Å². The summed E-state index contributed by atoms with van der Waals surface area (Å²) in [7, 11) is 3.77. The minimum Gasteiger partial charge on any atom is -0.486 e. The maximum Gasteiger partial charge on any atom is 0.255 e. The van der Waals surface area contributed by atoms with Crippen LogP contribution in [0.25, 0.3) is 11.3 Å². The molecule has 0 fully saturated rings. The molecule has 1 aromatic heterocycles. The van der Waals surface area contributed by atoms with E-state index in [0.717, 1.165) is 22.6 Å². The normalized spacial score (nSPS) is 14.8. The summed E-state index contributed by atoms with van der Waals surface area (Å²) in [4.78, 5) is 19.5. The fourth-order valence-corrected chi connectivity index (χ4v) is 3.44. The van der Waals surface area contributed by atoms with Crippen LogP contribution in [0, 0.1) is 6.92 Å². The van der Waals surface area contributed by atoms with Gasteiger partial charge in [-0.05, 0) is 36.8 Å². The van der Waals surface area contributed by atoms with Gasteiger partial charge in [-0.25, -0.2) is 4.98 Å². The Morgan fingerprint density at radius 1 is 1.07 bits per heavy atom. The van der Waals surface area contributed by atoms with Crippen molar-refractivity contribution in [2.45, 2.75) is 13.0 Å². The van der Waals surface area contributed by atoms with Crippen LogP contribution in [0.1, 0.15) is 15.9 Å². The summed E-state index contributed by atoms with van der Waals surface area (Å²) in [6.45, 7) is 2.79. The van der Waals surface area contributed by atoms with Crippen LogP contribution in [0.2, 0.25) is 0 Å². The Hall–Kier alpha value is -3.54. The molecule has 6 nitrogen and oxygen atoms in total. The number of benzene rings is 2. The van der Waals surface area contributed by atoms with Crippen molar-refractivity contribution in [2.24, 2.45) is 0 Å². The second-order valence-corrected chi connectivity index (χ2v) is 7.48. The number of anilines is 1. The minimum atomic E-state index is -0.245. The Kier molecular flexibility index (Phi) is 5.57. The number of fused-ring (bicyclic) bond motifs is 1. The molecular formula is C24H25N3O3. The zero-order chi connectivity index (χ0) is 21.1. The summed E-state index contributed by atoms with van der Waals surface area (Å²) in [6.07, 6.45) is -0.245. The first-order valence-corrected chi connectivity index (χ1v) is 9.94. The highest BCUT2D eigenvalue weighted by Gasteiger charge is 2.22. The largest absolute Gasteiger partial charge is 0.486 e. The second-order valence-electron chi connectivity index (χ2n) is 7.48. The van der Waals surface area contributed by atoms with Crippen LogP contribution < -0.4 is 19.7 Å². The molecule has 3 aromatic rings. The summed E-state index contributed by atoms with van der Waals surface area (Å²) < 4.78 is 11.6. The molecule has 2 heterocycles. The molecule has 2 aromatic carbocycles. The number of nitrogens with one attached hydrogen (secondary N) is 1. The third-order valence-electron chi connectivity index (χ3n) is 5.02. The molecule has 0 saturated heterocycles. The highest BCUT2D eigenvalue weighted by Crippen LogP contribution is 2.31. The molecule has 4 rings (SSSR count). The van der Waals surface area contributed by atoms with Crippen LogP contribution in [-0.4, -0.2) is 44.2 Å². The van der Waals surface area contributed by atoms with Crippen molar-refractivity contribution < 1.29 is 14.3 Å². The summed E-state index contributed by atoms with van der Waals surface area (Å²) in [6, 6.07) is 19.3. The Morgan fingerprint density at radius 3 is 2.57 bits per heavy atom. The van der Waals surface area contributed by atoms with E-state index < -0.39 is 0 Å². The van der Waals surface area contributed by atoms with Gasteiger partial charge in [0, 0.05) is 19.7 Å². The monoisotopic (exact) mass is 403 g/mol. The van der Waals surface area contributed by atoms with Crippen molar-refractivity contribution in [1.82, 2.24) is 10.3 Å². The average Bonchev–Trinajstić information content (AvgIpc) is 2.77. The maximum absolute atomic E-state index is 12.9. The lowest BCUT2D eigenvalue weighted by atomic mass is 10.0. The third kappa shape index (κ3) is 4.08. The number of aromatic nitrogens is 1. The van der Waals surface area contributed by atoms with Gasteiger partial charge in [-0.15, -0.1) is 0 Å². The molecule has 1 amide bonds. The van der Waals surface area contributed by atoms with E-state index in [0.29, 0.717) is 30.3 Å². The van der Waals surface area contributed by atoms with E-state index in [-0.39, 0.29) is 12.0 Å². The van der Waals surface area contributed by atoms with Crippen molar-refractivity contribution in [3.63, 3.8) is 0 Å². The molecule has 0 radical (unpaired) electrons. The van der Waals surface area contributed by atoms with Gasteiger partial charge in [0.2, 0.25) is 0 Å². The van der Waals surface area contributed by atoms with Crippen LogP contribution in [0.15, 0.2) is 60.7 Å². The van der Waals surface area contributed by atoms with Crippen LogP contribution >= 0.6 is 0 Å². The van der Waals surface area contributed by atoms with Crippen LogP contribution in [0.5, 0.6) is 11.5 Å². The fraction of sp³-hybridized carbons (Fsp3) is 0.250. The van der Waals surface area contributed by atoms with Gasteiger partial charge in [-0.1, -0.05) is 36.4 Å². The molecule has 1 aliphatic rings. The van der Waals surface area contributed by atoms with Crippen molar-refractivity contribution in [3.8, 4) is 22.8 Å². The number of pyridine rings is 1. The Morgan fingerprint density at radius 2 is 1.80 bits per heavy atom. The zero-order valence-electron chi connectivity index (χ0n) is 17.4. The van der Waals surface area contributed by atoms with Gasteiger partial charge in [-0.3, -0.25) is 4.79 Å². The van der Waals surface area contributed by atoms with Gasteiger partial charge >= 0.3 is 0 Å². The van der Waals surface area contributed by atoms with Crippen molar-refractivity contribution in [2.75, 3.05) is 32.1 Å². The lowest BCUT2D eigenvalue weighted by molar-refractivity contribution is 0.0789. The van der Waals surface area contributed by atoms with E-state index in [1.165, 1.54) is 0 Å². The molecule has 0 aliphatic carbocycles. The van der Waals surface area contributed by atoms with Gasteiger partial charge in [0.15, 0.2) is 11.5 Å². The van der Waals surface area contributed by atoms with Crippen LogP contribution in [-0.2, 0) is 0 Å². The second kappa shape index (κ2) is 8.45. The maximum atomic E-state index is 12.9. The molecule has 1 N–H and O–H groups in total. The number of rotatable bonds is 5. The predicted octanol–water partition coefficient (Wildman–Crippen LogP) is 3.69. The van der Waals surface area contributed by atoms with E-state index in [4.69, 9.17) is 14.5 Å². The lowest BCUT2D eigenvalue weighted by Gasteiger charge is -2.26. The Bertz CT molecular complexity index is 1070. The van der Waals surface area contributed by atoms with Crippen molar-refractivity contribution in [3.05, 3.63) is 71.8 Å². The van der Waals surface area contributed by atoms with E-state index in [9.17, 15) is 4.79 Å². The SMILES string of the molecule is Cc1ccccc1-c1ccc(C(=O)NC[C@@H]2COc3ccccc3O2)c(N(C)C)n1. The van der Waals surface area contributed by atoms with Crippen molar-refractivity contribution >= 4 is 11.7 Å². The number of nitrogens with zero attached hydrogens (tertiary/aromatic N) is 2. The fourth-order valence-electron chi connectivity index (χ4n) is 3.44. The Balaban J connectivity index is 1.49. The van der Waals surface area contributed by atoms with E-state index in [2.05, 4.69) is 18.3 Å². The molecular weight excluding hydrogens is 378 g/mol. The van der Waals surface area contributed by atoms with E-state index in [1.807, 2.05) is 73.6 Å². The topological polar surface area (TPSA) is 63.7 Å². The summed E-state index contributed by atoms with van der Waals surface area (Å²) in [5, 5.41) is 2.95. The first-order chi connectivity index (χ1) is 14.5. The van der Waals surface area contributed by atoms with E-state index in [1.54, 1.807) is 0 Å². The number of para-hydroxylation sites is 2. The Labute approximate surface area is 176 Å². The third-order valence-corrected chi connectivity index (χ3v) is 5.02. The van der Waals surface area contributed by atoms with Gasteiger partial charge in [0.1, 0.15) is 18.5 Å². The number of carbonyl (C=O) groups excluding carboxylic acids is 1. The molecule has 1 aliphatic heterocycles. The summed E-state index contributed by atoms with van der Waals surface area (Å²) in [5.74, 6) is 1.86. The van der Waals surface area contributed by atoms with Gasteiger partial charge in [0.25, 0.3) is 5.91 Å². The lowest BCUT2D eigenvalue weighted by Crippen LogP contribution is -2.41. The highest BCUT2D eigenvalue weighted by molar-refractivity contribution is 5.99. The molecule has 0 spiro atoms. The van der Waals surface area contributed by atoms with Gasteiger partial charge < -0.3 is 19.7 Å². The number of hydrogen-bond donors (Lipinski definition) is 1. The van der Waals surface area contributed by atoms with E-state index >= 15 is 0 Å². The molecule has 30 heavy (non-hydrogen) atoms. The molecule has 0 saturated carbocycles. The minimum absolute atomic E-state index is 0.190. The average molecular weight is 403 g/mol. The first kappa shape index (κ1) is 19.8. The number of aryl methyl sites for hydroxylation is 1.